The van der Waals surface area contributed by atoms with E-state index < -0.39 is 6.04 Å². The number of carbonyl (C=O) groups is 2. The van der Waals surface area contributed by atoms with Crippen LogP contribution in [0, 0.1) is 11.3 Å². The Bertz CT molecular complexity index is 607. The van der Waals surface area contributed by atoms with Crippen LogP contribution in [0.3, 0.4) is 0 Å². The Morgan fingerprint density at radius 2 is 2.15 bits per heavy atom. The summed E-state index contributed by atoms with van der Waals surface area (Å²) in [6.07, 6.45) is 0.101. The second-order valence-corrected chi connectivity index (χ2v) is 5.31. The minimum absolute atomic E-state index is 0.101. The highest BCUT2D eigenvalue weighted by Gasteiger charge is 2.40. The third-order valence-electron chi connectivity index (χ3n) is 3.12. The Morgan fingerprint density at radius 1 is 1.45 bits per heavy atom. The monoisotopic (exact) mass is 291 g/mol. The Kier molecular flexibility index (Phi) is 3.96. The zero-order chi connectivity index (χ0) is 14.9. The van der Waals surface area contributed by atoms with Gasteiger partial charge in [0.1, 0.15) is 6.04 Å². The minimum atomic E-state index is -0.628. The first-order valence-electron chi connectivity index (χ1n) is 6.26. The SMILES string of the molecule is CC(C)N1C(=O)CC(Nc2cc(C#N)ccc2Cl)C1=O. The second kappa shape index (κ2) is 5.51. The Hall–Kier alpha value is -2.06. The maximum absolute atomic E-state index is 12.2. The summed E-state index contributed by atoms with van der Waals surface area (Å²) in [7, 11) is 0. The van der Waals surface area contributed by atoms with Crippen molar-refractivity contribution in [1.29, 1.82) is 5.26 Å². The lowest BCUT2D eigenvalue weighted by molar-refractivity contribution is -0.140. The number of amides is 2. The van der Waals surface area contributed by atoms with Crippen LogP contribution in [-0.2, 0) is 9.59 Å². The molecule has 0 saturated carbocycles. The molecule has 2 amide bonds. The van der Waals surface area contributed by atoms with Gasteiger partial charge in [-0.15, -0.1) is 0 Å². The molecule has 1 aromatic carbocycles. The molecule has 1 fully saturated rings. The fourth-order valence-electron chi connectivity index (χ4n) is 2.20. The summed E-state index contributed by atoms with van der Waals surface area (Å²) in [6, 6.07) is 5.96. The largest absolute Gasteiger partial charge is 0.372 e. The molecule has 1 atom stereocenters. The molecule has 2 rings (SSSR count). The van der Waals surface area contributed by atoms with Gasteiger partial charge in [0.05, 0.1) is 28.8 Å². The number of anilines is 1. The predicted molar refractivity (Wildman–Crippen MR) is 75.2 cm³/mol. The minimum Gasteiger partial charge on any atom is -0.372 e. The number of nitrogens with one attached hydrogen (secondary N) is 1. The standard InChI is InChI=1S/C14H14ClN3O2/c1-8(2)18-13(19)6-12(14(18)20)17-11-5-9(7-16)3-4-10(11)15/h3-5,8,12,17H,6H2,1-2H3. The summed E-state index contributed by atoms with van der Waals surface area (Å²) < 4.78 is 0. The Morgan fingerprint density at radius 3 is 2.70 bits per heavy atom. The summed E-state index contributed by atoms with van der Waals surface area (Å²) in [6.45, 7) is 3.59. The molecule has 1 N–H and O–H groups in total. The number of benzene rings is 1. The highest BCUT2D eigenvalue weighted by Crippen LogP contribution is 2.26. The van der Waals surface area contributed by atoms with E-state index in [1.54, 1.807) is 32.0 Å². The fourth-order valence-corrected chi connectivity index (χ4v) is 2.37. The molecule has 1 aromatic rings. The third-order valence-corrected chi connectivity index (χ3v) is 3.45. The lowest BCUT2D eigenvalue weighted by atomic mass is 10.2. The van der Waals surface area contributed by atoms with Crippen molar-refractivity contribution in [3.8, 4) is 6.07 Å². The van der Waals surface area contributed by atoms with E-state index in [0.717, 1.165) is 0 Å². The van der Waals surface area contributed by atoms with Crippen LogP contribution in [0.2, 0.25) is 5.02 Å². The van der Waals surface area contributed by atoms with E-state index in [0.29, 0.717) is 16.3 Å². The molecule has 1 saturated heterocycles. The van der Waals surface area contributed by atoms with Crippen molar-refractivity contribution < 1.29 is 9.59 Å². The van der Waals surface area contributed by atoms with Crippen molar-refractivity contribution >= 4 is 29.1 Å². The van der Waals surface area contributed by atoms with Crippen molar-refractivity contribution in [2.75, 3.05) is 5.32 Å². The number of rotatable bonds is 3. The number of nitrogens with zero attached hydrogens (tertiary/aromatic N) is 2. The maximum atomic E-state index is 12.2. The van der Waals surface area contributed by atoms with Gasteiger partial charge in [0.2, 0.25) is 5.91 Å². The molecule has 1 aliphatic rings. The lowest BCUT2D eigenvalue weighted by Gasteiger charge is -2.19. The first-order chi connectivity index (χ1) is 9.43. The molecule has 6 heteroatoms. The smallest absolute Gasteiger partial charge is 0.252 e. The lowest BCUT2D eigenvalue weighted by Crippen LogP contribution is -2.39. The molecular weight excluding hydrogens is 278 g/mol. The van der Waals surface area contributed by atoms with E-state index >= 15 is 0 Å². The normalized spacial score (nSPS) is 18.6. The quantitative estimate of drug-likeness (QED) is 0.866. The highest BCUT2D eigenvalue weighted by molar-refractivity contribution is 6.33. The summed E-state index contributed by atoms with van der Waals surface area (Å²) in [5, 5.41) is 12.2. The average molecular weight is 292 g/mol. The van der Waals surface area contributed by atoms with Gasteiger partial charge in [0, 0.05) is 6.04 Å². The van der Waals surface area contributed by atoms with Gasteiger partial charge in [0.15, 0.2) is 0 Å². The van der Waals surface area contributed by atoms with Gasteiger partial charge < -0.3 is 5.32 Å². The molecule has 0 radical (unpaired) electrons. The topological polar surface area (TPSA) is 73.2 Å². The zero-order valence-corrected chi connectivity index (χ0v) is 11.9. The fraction of sp³-hybridized carbons (Fsp3) is 0.357. The first-order valence-corrected chi connectivity index (χ1v) is 6.64. The molecular formula is C14H14ClN3O2. The van der Waals surface area contributed by atoms with Crippen LogP contribution in [0.15, 0.2) is 18.2 Å². The summed E-state index contributed by atoms with van der Waals surface area (Å²) in [5.74, 6) is -0.460. The number of halogens is 1. The highest BCUT2D eigenvalue weighted by atomic mass is 35.5. The predicted octanol–water partition coefficient (Wildman–Crippen LogP) is 2.16. The van der Waals surface area contributed by atoms with Gasteiger partial charge in [-0.3, -0.25) is 14.5 Å². The molecule has 20 heavy (non-hydrogen) atoms. The van der Waals surface area contributed by atoms with Crippen LogP contribution < -0.4 is 5.32 Å². The van der Waals surface area contributed by atoms with E-state index in [2.05, 4.69) is 5.32 Å². The van der Waals surface area contributed by atoms with Crippen LogP contribution in [0.4, 0.5) is 5.69 Å². The van der Waals surface area contributed by atoms with Crippen molar-refractivity contribution in [2.24, 2.45) is 0 Å². The van der Waals surface area contributed by atoms with Crippen molar-refractivity contribution in [3.05, 3.63) is 28.8 Å². The number of hydrogen-bond donors (Lipinski definition) is 1. The van der Waals surface area contributed by atoms with Crippen LogP contribution in [0.25, 0.3) is 0 Å². The summed E-state index contributed by atoms with van der Waals surface area (Å²) >= 11 is 6.03. The number of likely N-dealkylation sites (tertiary alicyclic amines) is 1. The van der Waals surface area contributed by atoms with Crippen molar-refractivity contribution in [3.63, 3.8) is 0 Å². The number of nitriles is 1. The van der Waals surface area contributed by atoms with Gasteiger partial charge in [-0.05, 0) is 32.0 Å². The van der Waals surface area contributed by atoms with Crippen LogP contribution in [-0.4, -0.2) is 28.8 Å². The molecule has 1 aliphatic heterocycles. The average Bonchev–Trinajstić information content (AvgIpc) is 2.67. The van der Waals surface area contributed by atoms with E-state index in [1.807, 2.05) is 6.07 Å². The number of hydrogen-bond acceptors (Lipinski definition) is 4. The van der Waals surface area contributed by atoms with Crippen molar-refractivity contribution in [1.82, 2.24) is 4.90 Å². The molecule has 5 nitrogen and oxygen atoms in total. The maximum Gasteiger partial charge on any atom is 0.252 e. The van der Waals surface area contributed by atoms with E-state index in [9.17, 15) is 9.59 Å². The molecule has 0 spiro atoms. The molecule has 1 unspecified atom stereocenters. The molecule has 0 aliphatic carbocycles. The number of imide groups is 1. The molecule has 0 aromatic heterocycles. The van der Waals surface area contributed by atoms with Crippen LogP contribution in [0.5, 0.6) is 0 Å². The molecule has 0 bridgehead atoms. The van der Waals surface area contributed by atoms with Crippen molar-refractivity contribution in [2.45, 2.75) is 32.4 Å². The van der Waals surface area contributed by atoms with Gasteiger partial charge in [-0.1, -0.05) is 11.6 Å². The number of carbonyl (C=O) groups excluding carboxylic acids is 2. The molecule has 104 valence electrons. The third kappa shape index (κ3) is 2.61. The van der Waals surface area contributed by atoms with E-state index in [1.165, 1.54) is 4.90 Å². The summed E-state index contributed by atoms with van der Waals surface area (Å²) in [5.41, 5.74) is 0.928. The second-order valence-electron chi connectivity index (χ2n) is 4.90. The Balaban J connectivity index is 2.22. The van der Waals surface area contributed by atoms with E-state index in [4.69, 9.17) is 16.9 Å². The van der Waals surface area contributed by atoms with Crippen LogP contribution in [0.1, 0.15) is 25.8 Å². The summed E-state index contributed by atoms with van der Waals surface area (Å²) in [4.78, 5) is 25.2. The van der Waals surface area contributed by atoms with E-state index in [-0.39, 0.29) is 24.3 Å². The van der Waals surface area contributed by atoms with Crippen LogP contribution >= 0.6 is 11.6 Å². The first kappa shape index (κ1) is 14.4. The van der Waals surface area contributed by atoms with Gasteiger partial charge >= 0.3 is 0 Å². The molecule has 1 heterocycles. The van der Waals surface area contributed by atoms with Gasteiger partial charge in [-0.25, -0.2) is 0 Å². The van der Waals surface area contributed by atoms with Gasteiger partial charge in [0.25, 0.3) is 5.91 Å². The van der Waals surface area contributed by atoms with Gasteiger partial charge in [-0.2, -0.15) is 5.26 Å². The Labute approximate surface area is 122 Å². The zero-order valence-electron chi connectivity index (χ0n) is 11.2.